The van der Waals surface area contributed by atoms with Crippen molar-refractivity contribution in [2.45, 2.75) is 56.2 Å². The summed E-state index contributed by atoms with van der Waals surface area (Å²) in [6, 6.07) is -0.165. The Morgan fingerprint density at radius 2 is 2.19 bits per heavy atom. The minimum Gasteiger partial charge on any atom is -0.462 e. The van der Waals surface area contributed by atoms with Crippen molar-refractivity contribution in [3.8, 4) is 0 Å². The molecule has 118 valence electrons. The molecule has 7 heteroatoms. The fraction of sp³-hybridized carbons (Fsp3) is 0.714. The molecule has 1 aromatic rings. The summed E-state index contributed by atoms with van der Waals surface area (Å²) in [5.74, 6) is -0.155. The largest absolute Gasteiger partial charge is 0.462 e. The lowest BCUT2D eigenvalue weighted by molar-refractivity contribution is 0.0523. The van der Waals surface area contributed by atoms with Crippen LogP contribution in [0.5, 0.6) is 0 Å². The van der Waals surface area contributed by atoms with Gasteiger partial charge in [-0.05, 0) is 26.0 Å². The van der Waals surface area contributed by atoms with Crippen molar-refractivity contribution in [3.05, 3.63) is 5.56 Å². The summed E-state index contributed by atoms with van der Waals surface area (Å²) in [4.78, 5) is 12.1. The van der Waals surface area contributed by atoms with Gasteiger partial charge in [-0.2, -0.15) is 5.10 Å². The number of hydrogen-bond donors (Lipinski definition) is 2. The number of nitrogens with zero attached hydrogens (tertiary/aromatic N) is 2. The summed E-state index contributed by atoms with van der Waals surface area (Å²) in [5.41, 5.74) is 6.45. The molecule has 1 saturated carbocycles. The molecule has 0 saturated heterocycles. The van der Waals surface area contributed by atoms with Gasteiger partial charge in [0.05, 0.1) is 18.8 Å². The molecule has 0 amide bonds. The van der Waals surface area contributed by atoms with Gasteiger partial charge in [-0.1, -0.05) is 19.3 Å². The molecular formula is C14H23N3O3S. The minimum absolute atomic E-state index is 0.165. The van der Waals surface area contributed by atoms with E-state index in [-0.39, 0.29) is 6.04 Å². The molecule has 2 unspecified atom stereocenters. The maximum atomic E-state index is 12.1. The second-order valence-electron chi connectivity index (χ2n) is 5.21. The first kappa shape index (κ1) is 16.2. The zero-order valence-corrected chi connectivity index (χ0v) is 13.4. The highest BCUT2D eigenvalue weighted by molar-refractivity contribution is 7.98. The van der Waals surface area contributed by atoms with E-state index in [9.17, 15) is 9.90 Å². The number of carbonyl (C=O) groups excluding carboxylic acids is 1. The predicted octanol–water partition coefficient (Wildman–Crippen LogP) is 2.23. The van der Waals surface area contributed by atoms with Crippen LogP contribution in [0.2, 0.25) is 0 Å². The van der Waals surface area contributed by atoms with Crippen LogP contribution in [0.15, 0.2) is 5.03 Å². The summed E-state index contributed by atoms with van der Waals surface area (Å²) in [5, 5.41) is 15.3. The number of ether oxygens (including phenoxy) is 1. The third-order valence-electron chi connectivity index (χ3n) is 3.85. The zero-order valence-electron chi connectivity index (χ0n) is 12.5. The maximum absolute atomic E-state index is 12.1. The number of aliphatic hydroxyl groups excluding tert-OH is 1. The number of aliphatic hydroxyl groups is 1. The topological polar surface area (TPSA) is 90.4 Å². The molecule has 1 aliphatic rings. The Bertz CT molecular complexity index is 504. The maximum Gasteiger partial charge on any atom is 0.344 e. The van der Waals surface area contributed by atoms with Crippen molar-refractivity contribution >= 4 is 23.5 Å². The molecule has 6 nitrogen and oxygen atoms in total. The number of nitrogens with two attached hydrogens (primary N) is 1. The third kappa shape index (κ3) is 3.35. The number of rotatable bonds is 4. The fourth-order valence-electron chi connectivity index (χ4n) is 2.77. The number of anilines is 1. The zero-order chi connectivity index (χ0) is 15.4. The fourth-order valence-corrected chi connectivity index (χ4v) is 3.33. The van der Waals surface area contributed by atoms with E-state index in [1.54, 1.807) is 11.6 Å². The monoisotopic (exact) mass is 313 g/mol. The molecule has 0 bridgehead atoms. The lowest BCUT2D eigenvalue weighted by Gasteiger charge is -2.21. The standard InChI is InChI=1S/C14H23N3O3S/c1-3-20-14(19)11-12(15)17(16-13(11)21-2)9-7-5-4-6-8-10(9)18/h9-10,18H,3-8,15H2,1-2H3. The first-order valence-electron chi connectivity index (χ1n) is 7.37. The van der Waals surface area contributed by atoms with E-state index in [1.807, 2.05) is 6.26 Å². The van der Waals surface area contributed by atoms with Crippen molar-refractivity contribution < 1.29 is 14.6 Å². The van der Waals surface area contributed by atoms with Gasteiger partial charge in [0, 0.05) is 0 Å². The minimum atomic E-state index is -0.473. The Morgan fingerprint density at radius 1 is 1.48 bits per heavy atom. The second kappa shape index (κ2) is 7.17. The summed E-state index contributed by atoms with van der Waals surface area (Å²) in [6.45, 7) is 2.05. The lowest BCUT2D eigenvalue weighted by atomic mass is 10.1. The Balaban J connectivity index is 2.37. The van der Waals surface area contributed by atoms with Crippen molar-refractivity contribution in [2.24, 2.45) is 0 Å². The molecule has 2 rings (SSSR count). The third-order valence-corrected chi connectivity index (χ3v) is 4.52. The quantitative estimate of drug-likeness (QED) is 0.503. The molecule has 1 aromatic heterocycles. The van der Waals surface area contributed by atoms with Crippen LogP contribution in [0.25, 0.3) is 0 Å². The first-order chi connectivity index (χ1) is 10.1. The first-order valence-corrected chi connectivity index (χ1v) is 8.59. The van der Waals surface area contributed by atoms with E-state index in [4.69, 9.17) is 10.5 Å². The summed E-state index contributed by atoms with van der Waals surface area (Å²) < 4.78 is 6.67. The number of carbonyl (C=O) groups is 1. The molecule has 0 spiro atoms. The molecule has 21 heavy (non-hydrogen) atoms. The van der Waals surface area contributed by atoms with Gasteiger partial charge in [0.1, 0.15) is 16.4 Å². The summed E-state index contributed by atoms with van der Waals surface area (Å²) >= 11 is 1.36. The van der Waals surface area contributed by atoms with Gasteiger partial charge in [-0.15, -0.1) is 11.8 Å². The molecular weight excluding hydrogens is 290 g/mol. The molecule has 2 atom stereocenters. The van der Waals surface area contributed by atoms with Gasteiger partial charge in [0.15, 0.2) is 0 Å². The van der Waals surface area contributed by atoms with Crippen LogP contribution >= 0.6 is 11.8 Å². The van der Waals surface area contributed by atoms with Crippen molar-refractivity contribution in [2.75, 3.05) is 18.6 Å². The average Bonchev–Trinajstić information content (AvgIpc) is 2.64. The number of esters is 1. The smallest absolute Gasteiger partial charge is 0.344 e. The van der Waals surface area contributed by atoms with Gasteiger partial charge in [-0.25, -0.2) is 9.48 Å². The highest BCUT2D eigenvalue weighted by Gasteiger charge is 2.30. The SMILES string of the molecule is CCOC(=O)c1c(SC)nn(C2CCCCCC2O)c1N. The van der Waals surface area contributed by atoms with Crippen molar-refractivity contribution in [1.29, 1.82) is 0 Å². The second-order valence-corrected chi connectivity index (χ2v) is 6.00. The molecule has 1 fully saturated rings. The van der Waals surface area contributed by atoms with Gasteiger partial charge in [0.25, 0.3) is 0 Å². The molecule has 0 aliphatic heterocycles. The Hall–Kier alpha value is -1.21. The number of hydrogen-bond acceptors (Lipinski definition) is 6. The summed E-state index contributed by atoms with van der Waals surface area (Å²) in [7, 11) is 0. The normalized spacial score (nSPS) is 22.8. The number of thioether (sulfide) groups is 1. The van der Waals surface area contributed by atoms with E-state index in [0.717, 1.165) is 32.1 Å². The van der Waals surface area contributed by atoms with E-state index in [0.29, 0.717) is 23.0 Å². The number of aromatic nitrogens is 2. The van der Waals surface area contributed by atoms with Gasteiger partial charge >= 0.3 is 5.97 Å². The van der Waals surface area contributed by atoms with Crippen LogP contribution in [-0.2, 0) is 4.74 Å². The van der Waals surface area contributed by atoms with E-state index in [1.165, 1.54) is 11.8 Å². The summed E-state index contributed by atoms with van der Waals surface area (Å²) in [6.07, 6.45) is 6.09. The van der Waals surface area contributed by atoms with Crippen LogP contribution in [0, 0.1) is 0 Å². The van der Waals surface area contributed by atoms with Gasteiger partial charge < -0.3 is 15.6 Å². The molecule has 0 aromatic carbocycles. The molecule has 1 heterocycles. The molecule has 0 radical (unpaired) electrons. The Labute approximate surface area is 129 Å². The Morgan fingerprint density at radius 3 is 2.86 bits per heavy atom. The van der Waals surface area contributed by atoms with Crippen LogP contribution in [0.1, 0.15) is 55.4 Å². The van der Waals surface area contributed by atoms with Crippen LogP contribution in [-0.4, -0.2) is 39.8 Å². The van der Waals surface area contributed by atoms with E-state index < -0.39 is 12.1 Å². The van der Waals surface area contributed by atoms with Gasteiger partial charge in [-0.3, -0.25) is 0 Å². The van der Waals surface area contributed by atoms with Crippen LogP contribution < -0.4 is 5.73 Å². The van der Waals surface area contributed by atoms with Crippen molar-refractivity contribution in [3.63, 3.8) is 0 Å². The van der Waals surface area contributed by atoms with Crippen LogP contribution in [0.3, 0.4) is 0 Å². The Kier molecular flexibility index (Phi) is 5.52. The van der Waals surface area contributed by atoms with Crippen LogP contribution in [0.4, 0.5) is 5.82 Å². The van der Waals surface area contributed by atoms with Gasteiger partial charge in [0.2, 0.25) is 0 Å². The predicted molar refractivity (Wildman–Crippen MR) is 82.5 cm³/mol. The highest BCUT2D eigenvalue weighted by atomic mass is 32.2. The number of nitrogen functional groups attached to an aromatic ring is 1. The van der Waals surface area contributed by atoms with E-state index >= 15 is 0 Å². The average molecular weight is 313 g/mol. The van der Waals surface area contributed by atoms with E-state index in [2.05, 4.69) is 5.10 Å². The lowest BCUT2D eigenvalue weighted by Crippen LogP contribution is -2.25. The van der Waals surface area contributed by atoms with Crippen molar-refractivity contribution in [1.82, 2.24) is 9.78 Å². The molecule has 1 aliphatic carbocycles. The molecule has 3 N–H and O–H groups in total. The highest BCUT2D eigenvalue weighted by Crippen LogP contribution is 2.33.